The van der Waals surface area contributed by atoms with Crippen molar-refractivity contribution < 1.29 is 14.7 Å². The van der Waals surface area contributed by atoms with Crippen LogP contribution in [0.15, 0.2) is 49.0 Å². The van der Waals surface area contributed by atoms with Gasteiger partial charge in [-0.2, -0.15) is 0 Å². The van der Waals surface area contributed by atoms with Gasteiger partial charge in [0.1, 0.15) is 6.04 Å². The number of aliphatic carboxylic acids is 1. The molecule has 2 unspecified atom stereocenters. The Morgan fingerprint density at radius 2 is 1.88 bits per heavy atom. The molecule has 1 aliphatic heterocycles. The molecule has 0 bridgehead atoms. The maximum Gasteiger partial charge on any atom is 0.326 e. The number of carbonyl (C=O) groups is 2. The summed E-state index contributed by atoms with van der Waals surface area (Å²) in [5.74, 6) is -1.41. The van der Waals surface area contributed by atoms with Gasteiger partial charge in [0.2, 0.25) is 0 Å². The summed E-state index contributed by atoms with van der Waals surface area (Å²) in [5.41, 5.74) is 2.10. The zero-order valence-electron chi connectivity index (χ0n) is 13.6. The molecule has 2 aromatic rings. The van der Waals surface area contributed by atoms with E-state index in [9.17, 15) is 14.7 Å². The molecule has 1 aliphatic rings. The fourth-order valence-electron chi connectivity index (χ4n) is 2.97. The fraction of sp³-hybridized carbons (Fsp3) is 0.158. The summed E-state index contributed by atoms with van der Waals surface area (Å²) in [6, 6.07) is 10.8. The van der Waals surface area contributed by atoms with Gasteiger partial charge in [0.15, 0.2) is 0 Å². The van der Waals surface area contributed by atoms with Gasteiger partial charge in [0, 0.05) is 33.3 Å². The van der Waals surface area contributed by atoms with Gasteiger partial charge >= 0.3 is 5.97 Å². The van der Waals surface area contributed by atoms with Crippen LogP contribution in [0.25, 0.3) is 5.57 Å². The monoisotopic (exact) mass is 390 g/mol. The number of carboxylic acids is 1. The van der Waals surface area contributed by atoms with Crippen LogP contribution in [-0.2, 0) is 9.59 Å². The van der Waals surface area contributed by atoms with Crippen LogP contribution >= 0.6 is 23.2 Å². The topological polar surface area (TPSA) is 78.4 Å². The minimum atomic E-state index is -1.02. The highest BCUT2D eigenvalue weighted by Gasteiger charge is 2.33. The Balaban J connectivity index is 1.90. The minimum Gasteiger partial charge on any atom is -0.480 e. The smallest absolute Gasteiger partial charge is 0.326 e. The van der Waals surface area contributed by atoms with E-state index in [1.807, 2.05) is 18.2 Å². The highest BCUT2D eigenvalue weighted by atomic mass is 35.5. The average molecular weight is 391 g/mol. The molecule has 2 aromatic carbocycles. The molecule has 7 heteroatoms. The Bertz CT molecular complexity index is 884. The Hall–Kier alpha value is -2.50. The molecule has 0 spiro atoms. The molecule has 0 fully saturated rings. The van der Waals surface area contributed by atoms with E-state index in [2.05, 4.69) is 17.2 Å². The SMILES string of the molecule is C=C(C(=O)NC1CC(C(=O)O)Nc2cc(Cl)cc(Cl)c21)c1ccccc1. The lowest BCUT2D eigenvalue weighted by molar-refractivity contribution is -0.138. The first-order valence-electron chi connectivity index (χ1n) is 7.90. The lowest BCUT2D eigenvalue weighted by Crippen LogP contribution is -2.41. The zero-order chi connectivity index (χ0) is 18.8. The molecular weight excluding hydrogens is 375 g/mol. The molecule has 0 saturated heterocycles. The number of amides is 1. The third-order valence-electron chi connectivity index (χ3n) is 4.24. The zero-order valence-corrected chi connectivity index (χ0v) is 15.1. The molecule has 0 aromatic heterocycles. The predicted octanol–water partition coefficient (Wildman–Crippen LogP) is 4.13. The van der Waals surface area contributed by atoms with Gasteiger partial charge in [-0.25, -0.2) is 4.79 Å². The number of hydrogen-bond acceptors (Lipinski definition) is 3. The van der Waals surface area contributed by atoms with Crippen molar-refractivity contribution in [3.05, 3.63) is 70.2 Å². The first kappa shape index (κ1) is 18.3. The summed E-state index contributed by atoms with van der Waals surface area (Å²) in [7, 11) is 0. The first-order chi connectivity index (χ1) is 12.4. The summed E-state index contributed by atoms with van der Waals surface area (Å²) in [6.45, 7) is 3.84. The van der Waals surface area contributed by atoms with Crippen LogP contribution in [-0.4, -0.2) is 23.0 Å². The van der Waals surface area contributed by atoms with E-state index in [-0.39, 0.29) is 12.3 Å². The number of anilines is 1. The quantitative estimate of drug-likeness (QED) is 0.685. The molecule has 3 rings (SSSR count). The van der Waals surface area contributed by atoms with Gasteiger partial charge in [-0.05, 0) is 17.7 Å². The second-order valence-electron chi connectivity index (χ2n) is 5.99. The second-order valence-corrected chi connectivity index (χ2v) is 6.83. The van der Waals surface area contributed by atoms with Crippen LogP contribution in [0.1, 0.15) is 23.6 Å². The van der Waals surface area contributed by atoms with Crippen LogP contribution in [0.4, 0.5) is 5.69 Å². The molecule has 1 heterocycles. The van der Waals surface area contributed by atoms with E-state index in [4.69, 9.17) is 23.2 Å². The van der Waals surface area contributed by atoms with E-state index in [1.54, 1.807) is 24.3 Å². The number of rotatable bonds is 4. The molecule has 0 aliphatic carbocycles. The Labute approximate surface area is 160 Å². The normalized spacial score (nSPS) is 18.4. The molecule has 0 saturated carbocycles. The third-order valence-corrected chi connectivity index (χ3v) is 4.77. The van der Waals surface area contributed by atoms with Crippen molar-refractivity contribution in [3.63, 3.8) is 0 Å². The number of carbonyl (C=O) groups excluding carboxylic acids is 1. The van der Waals surface area contributed by atoms with Crippen molar-refractivity contribution in [2.24, 2.45) is 0 Å². The molecule has 2 atom stereocenters. The summed E-state index contributed by atoms with van der Waals surface area (Å²) >= 11 is 12.3. The van der Waals surface area contributed by atoms with Crippen molar-refractivity contribution in [1.82, 2.24) is 5.32 Å². The molecule has 1 amide bonds. The van der Waals surface area contributed by atoms with Crippen molar-refractivity contribution in [2.75, 3.05) is 5.32 Å². The van der Waals surface area contributed by atoms with E-state index >= 15 is 0 Å². The van der Waals surface area contributed by atoms with Gasteiger partial charge in [0.25, 0.3) is 5.91 Å². The Morgan fingerprint density at radius 3 is 2.54 bits per heavy atom. The number of carboxylic acid groups (broad SMARTS) is 1. The highest BCUT2D eigenvalue weighted by Crippen LogP contribution is 2.40. The van der Waals surface area contributed by atoms with Crippen LogP contribution < -0.4 is 10.6 Å². The second kappa shape index (κ2) is 7.40. The maximum atomic E-state index is 12.6. The molecule has 0 radical (unpaired) electrons. The number of halogens is 2. The van der Waals surface area contributed by atoms with E-state index in [0.717, 1.165) is 0 Å². The molecule has 26 heavy (non-hydrogen) atoms. The van der Waals surface area contributed by atoms with Crippen LogP contribution in [0, 0.1) is 0 Å². The predicted molar refractivity (Wildman–Crippen MR) is 102 cm³/mol. The van der Waals surface area contributed by atoms with Gasteiger partial charge in [0.05, 0.1) is 6.04 Å². The van der Waals surface area contributed by atoms with Gasteiger partial charge < -0.3 is 15.7 Å². The standard InChI is InChI=1S/C19H16Cl2N2O3/c1-10(11-5-3-2-4-6-11)18(24)23-15-9-16(19(25)26)22-14-8-12(20)7-13(21)17(14)15/h2-8,15-16,22H,1,9H2,(H,23,24)(H,25,26). The van der Waals surface area contributed by atoms with Gasteiger partial charge in [-0.1, -0.05) is 60.1 Å². The number of benzene rings is 2. The van der Waals surface area contributed by atoms with E-state index < -0.39 is 18.1 Å². The summed E-state index contributed by atoms with van der Waals surface area (Å²) in [6.07, 6.45) is 0.150. The van der Waals surface area contributed by atoms with Gasteiger partial charge in [-0.15, -0.1) is 0 Å². The van der Waals surface area contributed by atoms with Crippen molar-refractivity contribution in [3.8, 4) is 0 Å². The summed E-state index contributed by atoms with van der Waals surface area (Å²) in [5, 5.41) is 15.9. The average Bonchev–Trinajstić information content (AvgIpc) is 2.60. The van der Waals surface area contributed by atoms with Crippen LogP contribution in [0.3, 0.4) is 0 Å². The Kier molecular flexibility index (Phi) is 5.20. The minimum absolute atomic E-state index is 0.150. The largest absolute Gasteiger partial charge is 0.480 e. The first-order valence-corrected chi connectivity index (χ1v) is 8.66. The molecule has 134 valence electrons. The summed E-state index contributed by atoms with van der Waals surface area (Å²) < 4.78 is 0. The lowest BCUT2D eigenvalue weighted by Gasteiger charge is -2.32. The van der Waals surface area contributed by atoms with E-state index in [1.165, 1.54) is 0 Å². The van der Waals surface area contributed by atoms with E-state index in [0.29, 0.717) is 32.4 Å². The van der Waals surface area contributed by atoms with Crippen molar-refractivity contribution in [2.45, 2.75) is 18.5 Å². The van der Waals surface area contributed by atoms with Gasteiger partial charge in [-0.3, -0.25) is 4.79 Å². The molecule has 3 N–H and O–H groups in total. The fourth-order valence-corrected chi connectivity index (χ4v) is 3.59. The highest BCUT2D eigenvalue weighted by molar-refractivity contribution is 6.35. The summed E-state index contributed by atoms with van der Waals surface area (Å²) in [4.78, 5) is 24.1. The van der Waals surface area contributed by atoms with Crippen LogP contribution in [0.5, 0.6) is 0 Å². The lowest BCUT2D eigenvalue weighted by atomic mass is 9.92. The maximum absolute atomic E-state index is 12.6. The third kappa shape index (κ3) is 3.69. The number of hydrogen-bond donors (Lipinski definition) is 3. The van der Waals surface area contributed by atoms with Crippen molar-refractivity contribution in [1.29, 1.82) is 0 Å². The van der Waals surface area contributed by atoms with Crippen LogP contribution in [0.2, 0.25) is 10.0 Å². The molecular formula is C19H16Cl2N2O3. The van der Waals surface area contributed by atoms with Crippen molar-refractivity contribution >= 4 is 46.3 Å². The number of nitrogens with one attached hydrogen (secondary N) is 2. The Morgan fingerprint density at radius 1 is 1.19 bits per heavy atom. The number of fused-ring (bicyclic) bond motifs is 1. The molecule has 5 nitrogen and oxygen atoms in total.